The molecule has 110 valence electrons. The lowest BCUT2D eigenvalue weighted by atomic mass is 9.89. The Hall–Kier alpha value is -0.780. The first kappa shape index (κ1) is 14.6. The van der Waals surface area contributed by atoms with Gasteiger partial charge in [0, 0.05) is 32.1 Å². The van der Waals surface area contributed by atoms with Crippen molar-refractivity contribution >= 4 is 5.91 Å². The van der Waals surface area contributed by atoms with E-state index in [9.17, 15) is 18.0 Å². The lowest BCUT2D eigenvalue weighted by Gasteiger charge is -2.30. The molecule has 2 aliphatic rings. The molecule has 1 N–H and O–H groups in total. The van der Waals surface area contributed by atoms with Gasteiger partial charge in [-0.3, -0.25) is 4.79 Å². The predicted octanol–water partition coefficient (Wildman–Crippen LogP) is 2.32. The topological polar surface area (TPSA) is 32.3 Å². The number of hydrogen-bond acceptors (Lipinski definition) is 2. The molecule has 2 saturated heterocycles. The SMILES string of the molecule is CN(CCC(F)(F)F)C(=O)CC1CC2CCC(C1)N2. The number of nitrogens with one attached hydrogen (secondary N) is 1. The molecule has 2 rings (SSSR count). The second-order valence-electron chi connectivity index (χ2n) is 5.86. The summed E-state index contributed by atoms with van der Waals surface area (Å²) in [5, 5.41) is 3.49. The fourth-order valence-corrected chi connectivity index (χ4v) is 3.16. The van der Waals surface area contributed by atoms with E-state index in [1.165, 1.54) is 24.8 Å². The van der Waals surface area contributed by atoms with Gasteiger partial charge in [-0.1, -0.05) is 0 Å². The number of amides is 1. The summed E-state index contributed by atoms with van der Waals surface area (Å²) < 4.78 is 36.3. The minimum absolute atomic E-state index is 0.157. The smallest absolute Gasteiger partial charge is 0.345 e. The molecular weight excluding hydrogens is 257 g/mol. The molecule has 0 spiro atoms. The van der Waals surface area contributed by atoms with Crippen molar-refractivity contribution in [3.63, 3.8) is 0 Å². The summed E-state index contributed by atoms with van der Waals surface area (Å²) in [5.74, 6) is 0.176. The van der Waals surface area contributed by atoms with Crippen molar-refractivity contribution in [1.29, 1.82) is 0 Å². The fraction of sp³-hybridized carbons (Fsp3) is 0.923. The molecule has 2 bridgehead atoms. The summed E-state index contributed by atoms with van der Waals surface area (Å²) in [6.07, 6.45) is -0.429. The molecule has 0 saturated carbocycles. The quantitative estimate of drug-likeness (QED) is 0.856. The molecule has 19 heavy (non-hydrogen) atoms. The van der Waals surface area contributed by atoms with Crippen LogP contribution in [0.15, 0.2) is 0 Å². The molecule has 0 aromatic heterocycles. The molecule has 0 aromatic carbocycles. The van der Waals surface area contributed by atoms with Crippen LogP contribution in [-0.4, -0.2) is 42.7 Å². The summed E-state index contributed by atoms with van der Waals surface area (Å²) in [6, 6.07) is 1.02. The van der Waals surface area contributed by atoms with Gasteiger partial charge >= 0.3 is 6.18 Å². The number of fused-ring (bicyclic) bond motifs is 2. The van der Waals surface area contributed by atoms with E-state index in [1.807, 2.05) is 0 Å². The number of rotatable bonds is 4. The number of hydrogen-bond donors (Lipinski definition) is 1. The van der Waals surface area contributed by atoms with E-state index < -0.39 is 12.6 Å². The van der Waals surface area contributed by atoms with Crippen LogP contribution >= 0.6 is 0 Å². The first-order valence-corrected chi connectivity index (χ1v) is 6.90. The zero-order valence-corrected chi connectivity index (χ0v) is 11.2. The summed E-state index contributed by atoms with van der Waals surface area (Å²) in [7, 11) is 1.46. The third kappa shape index (κ3) is 4.37. The average molecular weight is 278 g/mol. The van der Waals surface area contributed by atoms with Gasteiger partial charge in [-0.05, 0) is 31.6 Å². The summed E-state index contributed by atoms with van der Waals surface area (Å²) in [4.78, 5) is 13.1. The molecule has 2 heterocycles. The van der Waals surface area contributed by atoms with E-state index in [0.29, 0.717) is 24.4 Å². The van der Waals surface area contributed by atoms with Gasteiger partial charge in [-0.2, -0.15) is 13.2 Å². The van der Waals surface area contributed by atoms with Crippen molar-refractivity contribution in [3.05, 3.63) is 0 Å². The minimum Gasteiger partial charge on any atom is -0.345 e. The Labute approximate surface area is 111 Å². The Kier molecular flexibility index (Phi) is 4.38. The first-order valence-electron chi connectivity index (χ1n) is 6.90. The van der Waals surface area contributed by atoms with Gasteiger partial charge in [-0.15, -0.1) is 0 Å². The fourth-order valence-electron chi connectivity index (χ4n) is 3.16. The van der Waals surface area contributed by atoms with Gasteiger partial charge in [-0.25, -0.2) is 0 Å². The van der Waals surface area contributed by atoms with Crippen LogP contribution in [0.3, 0.4) is 0 Å². The Morgan fingerprint density at radius 1 is 1.26 bits per heavy atom. The second-order valence-corrected chi connectivity index (χ2v) is 5.86. The molecule has 2 unspecified atom stereocenters. The summed E-state index contributed by atoms with van der Waals surface area (Å²) in [6.45, 7) is -0.236. The Morgan fingerprint density at radius 3 is 2.37 bits per heavy atom. The average Bonchev–Trinajstić information content (AvgIpc) is 2.64. The van der Waals surface area contributed by atoms with Crippen LogP contribution < -0.4 is 5.32 Å². The highest BCUT2D eigenvalue weighted by atomic mass is 19.4. The van der Waals surface area contributed by atoms with E-state index in [0.717, 1.165) is 12.8 Å². The van der Waals surface area contributed by atoms with Crippen molar-refractivity contribution in [2.75, 3.05) is 13.6 Å². The zero-order chi connectivity index (χ0) is 14.0. The van der Waals surface area contributed by atoms with E-state index in [4.69, 9.17) is 0 Å². The van der Waals surface area contributed by atoms with Crippen molar-refractivity contribution < 1.29 is 18.0 Å². The van der Waals surface area contributed by atoms with Crippen molar-refractivity contribution in [2.45, 2.75) is 56.8 Å². The standard InChI is InChI=1S/C13H21F3N2O/c1-18(5-4-13(14,15)16)12(19)8-9-6-10-2-3-11(7-9)17-10/h9-11,17H,2-8H2,1H3. The van der Waals surface area contributed by atoms with Gasteiger partial charge in [0.1, 0.15) is 0 Å². The highest BCUT2D eigenvalue weighted by Gasteiger charge is 2.35. The summed E-state index contributed by atoms with van der Waals surface area (Å²) >= 11 is 0. The first-order chi connectivity index (χ1) is 8.83. The number of carbonyl (C=O) groups excluding carboxylic acids is 1. The van der Waals surface area contributed by atoms with Gasteiger partial charge in [0.2, 0.25) is 5.91 Å². The maximum absolute atomic E-state index is 12.1. The maximum atomic E-state index is 12.1. The Balaban J connectivity index is 1.74. The third-order valence-corrected chi connectivity index (χ3v) is 4.19. The van der Waals surface area contributed by atoms with Gasteiger partial charge in [0.15, 0.2) is 0 Å². The number of halogens is 3. The number of piperidine rings is 1. The highest BCUT2D eigenvalue weighted by molar-refractivity contribution is 5.76. The van der Waals surface area contributed by atoms with Crippen LogP contribution in [0.4, 0.5) is 13.2 Å². The lowest BCUT2D eigenvalue weighted by molar-refractivity contribution is -0.144. The Bertz CT molecular complexity index is 320. The van der Waals surface area contributed by atoms with E-state index in [1.54, 1.807) is 0 Å². The van der Waals surface area contributed by atoms with Crippen molar-refractivity contribution in [1.82, 2.24) is 10.2 Å². The van der Waals surface area contributed by atoms with Crippen LogP contribution in [0.5, 0.6) is 0 Å². The van der Waals surface area contributed by atoms with Gasteiger partial charge in [0.05, 0.1) is 6.42 Å². The molecule has 2 fully saturated rings. The molecule has 0 aromatic rings. The maximum Gasteiger partial charge on any atom is 0.390 e. The molecule has 2 atom stereocenters. The number of carbonyl (C=O) groups is 1. The Morgan fingerprint density at radius 2 is 1.84 bits per heavy atom. The lowest BCUT2D eigenvalue weighted by Crippen LogP contribution is -2.40. The molecule has 2 aliphatic heterocycles. The van der Waals surface area contributed by atoms with Crippen LogP contribution in [0, 0.1) is 5.92 Å². The van der Waals surface area contributed by atoms with E-state index in [-0.39, 0.29) is 12.5 Å². The van der Waals surface area contributed by atoms with Crippen LogP contribution in [0.2, 0.25) is 0 Å². The number of alkyl halides is 3. The predicted molar refractivity (Wildman–Crippen MR) is 65.6 cm³/mol. The largest absolute Gasteiger partial charge is 0.390 e. The molecule has 1 amide bonds. The van der Waals surface area contributed by atoms with Crippen molar-refractivity contribution in [3.8, 4) is 0 Å². The third-order valence-electron chi connectivity index (χ3n) is 4.19. The molecule has 6 heteroatoms. The van der Waals surface area contributed by atoms with E-state index in [2.05, 4.69) is 5.32 Å². The monoisotopic (exact) mass is 278 g/mol. The normalized spacial score (nSPS) is 30.4. The van der Waals surface area contributed by atoms with E-state index >= 15 is 0 Å². The van der Waals surface area contributed by atoms with Crippen molar-refractivity contribution in [2.24, 2.45) is 5.92 Å². The molecular formula is C13H21F3N2O. The van der Waals surface area contributed by atoms with Gasteiger partial charge < -0.3 is 10.2 Å². The highest BCUT2D eigenvalue weighted by Crippen LogP contribution is 2.33. The van der Waals surface area contributed by atoms with Crippen LogP contribution in [0.1, 0.15) is 38.5 Å². The molecule has 0 radical (unpaired) electrons. The molecule has 0 aliphatic carbocycles. The van der Waals surface area contributed by atoms with Gasteiger partial charge in [0.25, 0.3) is 0 Å². The second kappa shape index (κ2) is 5.69. The summed E-state index contributed by atoms with van der Waals surface area (Å²) in [5.41, 5.74) is 0. The molecule has 3 nitrogen and oxygen atoms in total. The number of nitrogens with zero attached hydrogens (tertiary/aromatic N) is 1. The minimum atomic E-state index is -4.19. The van der Waals surface area contributed by atoms with Crippen LogP contribution in [0.25, 0.3) is 0 Å². The zero-order valence-electron chi connectivity index (χ0n) is 11.2. The van der Waals surface area contributed by atoms with Crippen LogP contribution in [-0.2, 0) is 4.79 Å².